The fourth-order valence-electron chi connectivity index (χ4n) is 1.90. The molecule has 0 amide bonds. The molecule has 4 heteroatoms. The van der Waals surface area contributed by atoms with E-state index in [1.54, 1.807) is 6.07 Å². The molecule has 0 aliphatic rings. The first-order valence-corrected chi connectivity index (χ1v) is 5.71. The number of nitrogens with two attached hydrogens (primary N) is 1. The molecular weight excluding hydrogens is 217 g/mol. The molecule has 0 bridgehead atoms. The van der Waals surface area contributed by atoms with Crippen molar-refractivity contribution in [2.75, 3.05) is 13.6 Å². The van der Waals surface area contributed by atoms with E-state index in [4.69, 9.17) is 11.1 Å². The second-order valence-corrected chi connectivity index (χ2v) is 4.85. The summed E-state index contributed by atoms with van der Waals surface area (Å²) in [5, 5.41) is 7.32. The molecule has 0 fully saturated rings. The minimum Gasteiger partial charge on any atom is -0.384 e. The van der Waals surface area contributed by atoms with E-state index < -0.39 is 0 Å². The first kappa shape index (κ1) is 13.6. The van der Waals surface area contributed by atoms with Crippen molar-refractivity contribution in [2.24, 2.45) is 11.7 Å². The van der Waals surface area contributed by atoms with Crippen LogP contribution in [0.2, 0.25) is 0 Å². The van der Waals surface area contributed by atoms with Gasteiger partial charge in [-0.05, 0) is 36.7 Å². The summed E-state index contributed by atoms with van der Waals surface area (Å²) in [6.07, 6.45) is 0. The quantitative estimate of drug-likeness (QED) is 0.609. The van der Waals surface area contributed by atoms with E-state index in [2.05, 4.69) is 18.7 Å². The molecule has 0 spiro atoms. The number of rotatable bonds is 5. The van der Waals surface area contributed by atoms with Crippen LogP contribution in [0.15, 0.2) is 18.2 Å². The van der Waals surface area contributed by atoms with Crippen molar-refractivity contribution >= 4 is 5.84 Å². The molecule has 17 heavy (non-hydrogen) atoms. The monoisotopic (exact) mass is 237 g/mol. The van der Waals surface area contributed by atoms with Crippen LogP contribution in [0.4, 0.5) is 4.39 Å². The summed E-state index contributed by atoms with van der Waals surface area (Å²) in [6.45, 7) is 5.90. The molecule has 0 saturated heterocycles. The molecule has 0 atom stereocenters. The maximum absolute atomic E-state index is 13.3. The lowest BCUT2D eigenvalue weighted by molar-refractivity contribution is 0.288. The zero-order valence-electron chi connectivity index (χ0n) is 10.6. The zero-order valence-corrected chi connectivity index (χ0v) is 10.6. The maximum Gasteiger partial charge on any atom is 0.124 e. The Morgan fingerprint density at radius 1 is 1.41 bits per heavy atom. The molecular formula is C13H20FN3. The highest BCUT2D eigenvalue weighted by molar-refractivity contribution is 5.95. The topological polar surface area (TPSA) is 53.1 Å². The fraction of sp³-hybridized carbons (Fsp3) is 0.462. The van der Waals surface area contributed by atoms with Gasteiger partial charge in [0.05, 0.1) is 0 Å². The van der Waals surface area contributed by atoms with Crippen LogP contribution < -0.4 is 5.73 Å². The lowest BCUT2D eigenvalue weighted by Crippen LogP contribution is -2.23. The Morgan fingerprint density at radius 3 is 2.59 bits per heavy atom. The summed E-state index contributed by atoms with van der Waals surface area (Å²) < 4.78 is 13.3. The van der Waals surface area contributed by atoms with Crippen LogP contribution in [0.25, 0.3) is 0 Å². The van der Waals surface area contributed by atoms with Gasteiger partial charge in [-0.15, -0.1) is 0 Å². The van der Waals surface area contributed by atoms with Crippen molar-refractivity contribution in [2.45, 2.75) is 20.4 Å². The predicted octanol–water partition coefficient (Wildman–Crippen LogP) is 2.20. The van der Waals surface area contributed by atoms with Crippen molar-refractivity contribution in [3.8, 4) is 0 Å². The Labute approximate surface area is 102 Å². The lowest BCUT2D eigenvalue weighted by atomic mass is 10.1. The predicted molar refractivity (Wildman–Crippen MR) is 68.6 cm³/mol. The number of nitrogen functional groups attached to an aromatic ring is 1. The minimum absolute atomic E-state index is 0.0998. The van der Waals surface area contributed by atoms with Gasteiger partial charge < -0.3 is 10.6 Å². The molecule has 0 radical (unpaired) electrons. The van der Waals surface area contributed by atoms with E-state index in [-0.39, 0.29) is 11.7 Å². The van der Waals surface area contributed by atoms with Crippen molar-refractivity contribution in [3.63, 3.8) is 0 Å². The van der Waals surface area contributed by atoms with Gasteiger partial charge in [0.1, 0.15) is 11.7 Å². The van der Waals surface area contributed by atoms with Gasteiger partial charge in [0.2, 0.25) is 0 Å². The summed E-state index contributed by atoms with van der Waals surface area (Å²) in [6, 6.07) is 4.54. The molecule has 0 aromatic heterocycles. The second kappa shape index (κ2) is 5.77. The second-order valence-electron chi connectivity index (χ2n) is 4.85. The summed E-state index contributed by atoms with van der Waals surface area (Å²) in [5.41, 5.74) is 6.65. The van der Waals surface area contributed by atoms with Gasteiger partial charge in [-0.2, -0.15) is 0 Å². The van der Waals surface area contributed by atoms with E-state index in [0.29, 0.717) is 18.0 Å². The summed E-state index contributed by atoms with van der Waals surface area (Å²) in [4.78, 5) is 2.13. The average molecular weight is 237 g/mol. The van der Waals surface area contributed by atoms with Crippen LogP contribution in [-0.2, 0) is 6.54 Å². The highest BCUT2D eigenvalue weighted by atomic mass is 19.1. The van der Waals surface area contributed by atoms with E-state index >= 15 is 0 Å². The highest BCUT2D eigenvalue weighted by Crippen LogP contribution is 2.11. The van der Waals surface area contributed by atoms with Gasteiger partial charge in [-0.3, -0.25) is 5.41 Å². The van der Waals surface area contributed by atoms with Crippen molar-refractivity contribution < 1.29 is 4.39 Å². The number of hydrogen-bond donors (Lipinski definition) is 2. The third-order valence-corrected chi connectivity index (χ3v) is 2.40. The molecule has 0 heterocycles. The van der Waals surface area contributed by atoms with Gasteiger partial charge in [0.15, 0.2) is 0 Å². The molecule has 0 aliphatic heterocycles. The standard InChI is InChI=1S/C13H20FN3/c1-9(2)7-17(3)8-10-4-11(13(15)16)6-12(14)5-10/h4-6,9H,7-8H2,1-3H3,(H3,15,16). The highest BCUT2D eigenvalue weighted by Gasteiger charge is 2.07. The Morgan fingerprint density at radius 2 is 2.06 bits per heavy atom. The largest absolute Gasteiger partial charge is 0.384 e. The number of halogens is 1. The zero-order chi connectivity index (χ0) is 13.0. The lowest BCUT2D eigenvalue weighted by Gasteiger charge is -2.19. The number of amidine groups is 1. The third kappa shape index (κ3) is 4.53. The molecule has 1 aromatic carbocycles. The number of nitrogens with zero attached hydrogens (tertiary/aromatic N) is 1. The Hall–Kier alpha value is -1.42. The first-order valence-electron chi connectivity index (χ1n) is 5.71. The van der Waals surface area contributed by atoms with Crippen LogP contribution in [0.3, 0.4) is 0 Å². The SMILES string of the molecule is CC(C)CN(C)Cc1cc(F)cc(C(=N)N)c1. The van der Waals surface area contributed by atoms with Crippen LogP contribution in [0.5, 0.6) is 0 Å². The van der Waals surface area contributed by atoms with Crippen LogP contribution in [-0.4, -0.2) is 24.3 Å². The third-order valence-electron chi connectivity index (χ3n) is 2.40. The van der Waals surface area contributed by atoms with Gasteiger partial charge in [0.25, 0.3) is 0 Å². The molecule has 0 aliphatic carbocycles. The van der Waals surface area contributed by atoms with Gasteiger partial charge in [0, 0.05) is 18.7 Å². The summed E-state index contributed by atoms with van der Waals surface area (Å²) in [7, 11) is 2.00. The number of nitrogens with one attached hydrogen (secondary N) is 1. The van der Waals surface area contributed by atoms with Gasteiger partial charge in [-0.25, -0.2) is 4.39 Å². The van der Waals surface area contributed by atoms with E-state index in [9.17, 15) is 4.39 Å². The molecule has 3 N–H and O–H groups in total. The Kier molecular flexibility index (Phi) is 4.63. The van der Waals surface area contributed by atoms with Crippen molar-refractivity contribution in [3.05, 3.63) is 35.1 Å². The number of hydrogen-bond acceptors (Lipinski definition) is 2. The van der Waals surface area contributed by atoms with Crippen molar-refractivity contribution in [1.82, 2.24) is 4.90 Å². The summed E-state index contributed by atoms with van der Waals surface area (Å²) >= 11 is 0. The molecule has 3 nitrogen and oxygen atoms in total. The van der Waals surface area contributed by atoms with E-state index in [1.807, 2.05) is 7.05 Å². The van der Waals surface area contributed by atoms with Crippen molar-refractivity contribution in [1.29, 1.82) is 5.41 Å². The minimum atomic E-state index is -0.342. The molecule has 0 unspecified atom stereocenters. The van der Waals surface area contributed by atoms with Gasteiger partial charge in [-0.1, -0.05) is 13.8 Å². The van der Waals surface area contributed by atoms with E-state index in [0.717, 1.165) is 12.1 Å². The Bertz CT molecular complexity index is 402. The normalized spacial score (nSPS) is 11.2. The Balaban J connectivity index is 2.80. The van der Waals surface area contributed by atoms with Crippen LogP contribution in [0, 0.1) is 17.1 Å². The number of benzene rings is 1. The smallest absolute Gasteiger partial charge is 0.124 e. The fourth-order valence-corrected chi connectivity index (χ4v) is 1.90. The summed E-state index contributed by atoms with van der Waals surface area (Å²) in [5.74, 6) is 0.128. The van der Waals surface area contributed by atoms with Crippen LogP contribution in [0.1, 0.15) is 25.0 Å². The molecule has 1 rings (SSSR count). The average Bonchev–Trinajstić information content (AvgIpc) is 2.14. The van der Waals surface area contributed by atoms with Crippen LogP contribution >= 0.6 is 0 Å². The van der Waals surface area contributed by atoms with Gasteiger partial charge >= 0.3 is 0 Å². The molecule has 0 saturated carbocycles. The molecule has 94 valence electrons. The van der Waals surface area contributed by atoms with E-state index in [1.165, 1.54) is 12.1 Å². The molecule has 1 aromatic rings. The maximum atomic E-state index is 13.3. The first-order chi connectivity index (χ1) is 7.88.